The fourth-order valence-corrected chi connectivity index (χ4v) is 5.16. The Bertz CT molecular complexity index is 1270. The quantitative estimate of drug-likeness (QED) is 0.492. The van der Waals surface area contributed by atoms with E-state index in [0.29, 0.717) is 37.5 Å². The number of nitrogens with one attached hydrogen (secondary N) is 1. The van der Waals surface area contributed by atoms with E-state index in [1.54, 1.807) is 25.6 Å². The fourth-order valence-electron chi connectivity index (χ4n) is 5.16. The van der Waals surface area contributed by atoms with Crippen LogP contribution in [0, 0.1) is 17.2 Å². The number of nitriles is 1. The van der Waals surface area contributed by atoms with Gasteiger partial charge < -0.3 is 19.9 Å². The highest BCUT2D eigenvalue weighted by Crippen LogP contribution is 2.28. The molecule has 1 fully saturated rings. The number of anilines is 1. The van der Waals surface area contributed by atoms with Crippen molar-refractivity contribution in [3.63, 3.8) is 0 Å². The van der Waals surface area contributed by atoms with Crippen molar-refractivity contribution in [2.75, 3.05) is 31.6 Å². The number of hydrogen-bond donors (Lipinski definition) is 1. The van der Waals surface area contributed by atoms with Crippen LogP contribution in [0.15, 0.2) is 48.8 Å². The minimum absolute atomic E-state index is 0.0621. The molecule has 0 spiro atoms. The van der Waals surface area contributed by atoms with E-state index in [9.17, 15) is 4.79 Å². The first kappa shape index (κ1) is 26.4. The molecule has 0 bridgehead atoms. The second kappa shape index (κ2) is 11.6. The van der Waals surface area contributed by atoms with Gasteiger partial charge in [-0.05, 0) is 49.6 Å². The molecule has 3 unspecified atom stereocenters. The summed E-state index contributed by atoms with van der Waals surface area (Å²) in [7, 11) is 1.64. The Balaban J connectivity index is 1.39. The molecule has 8 nitrogen and oxygen atoms in total. The van der Waals surface area contributed by atoms with E-state index < -0.39 is 0 Å². The average Bonchev–Trinajstić information content (AvgIpc) is 2.91. The predicted molar refractivity (Wildman–Crippen MR) is 145 cm³/mol. The van der Waals surface area contributed by atoms with Gasteiger partial charge in [0.2, 0.25) is 5.91 Å². The molecule has 2 aromatic heterocycles. The maximum atomic E-state index is 13.2. The molecule has 8 heteroatoms. The number of nitrogens with zero attached hydrogens (tertiary/aromatic N) is 5. The summed E-state index contributed by atoms with van der Waals surface area (Å²) in [6.45, 7) is 10.5. The number of carbonyl (C=O) groups is 1. The molecule has 3 atom stereocenters. The number of methoxy groups -OCH3 is 1. The maximum absolute atomic E-state index is 13.2. The number of pyridine rings is 2. The summed E-state index contributed by atoms with van der Waals surface area (Å²) in [5.74, 6) is 2.08. The van der Waals surface area contributed by atoms with E-state index in [1.807, 2.05) is 29.2 Å². The van der Waals surface area contributed by atoms with Crippen molar-refractivity contribution in [2.45, 2.75) is 52.2 Å². The third-order valence-corrected chi connectivity index (χ3v) is 7.21. The van der Waals surface area contributed by atoms with Crippen LogP contribution in [0.1, 0.15) is 51.3 Å². The molecular formula is C29H36N6O2. The normalized spacial score (nSPS) is 18.6. The largest absolute Gasteiger partial charge is 0.495 e. The minimum atomic E-state index is 0.0621. The zero-order valence-corrected chi connectivity index (χ0v) is 22.3. The molecule has 1 aliphatic rings. The molecule has 1 aromatic carbocycles. The Labute approximate surface area is 219 Å². The van der Waals surface area contributed by atoms with Crippen LogP contribution in [-0.2, 0) is 4.79 Å². The third kappa shape index (κ3) is 5.83. The lowest BCUT2D eigenvalue weighted by Crippen LogP contribution is -2.61. The number of fused-ring (bicyclic) bond motifs is 1. The highest BCUT2D eigenvalue weighted by atomic mass is 16.5. The van der Waals surface area contributed by atoms with Gasteiger partial charge in [-0.15, -0.1) is 0 Å². The molecule has 0 radical (unpaired) electrons. The van der Waals surface area contributed by atoms with E-state index >= 15 is 0 Å². The fraction of sp³-hybridized carbons (Fsp3) is 0.448. The van der Waals surface area contributed by atoms with E-state index in [4.69, 9.17) is 10.00 Å². The Kier molecular flexibility index (Phi) is 8.24. The molecule has 1 amide bonds. The summed E-state index contributed by atoms with van der Waals surface area (Å²) in [4.78, 5) is 26.6. The number of benzene rings is 1. The molecule has 1 saturated heterocycles. The monoisotopic (exact) mass is 500 g/mol. The van der Waals surface area contributed by atoms with Crippen LogP contribution < -0.4 is 15.0 Å². The topological polar surface area (TPSA) is 94.4 Å². The molecular weight excluding hydrogens is 464 g/mol. The van der Waals surface area contributed by atoms with Crippen molar-refractivity contribution in [3.05, 3.63) is 59.9 Å². The first-order chi connectivity index (χ1) is 17.8. The highest BCUT2D eigenvalue weighted by Gasteiger charge is 2.36. The van der Waals surface area contributed by atoms with E-state index in [1.165, 1.54) is 0 Å². The van der Waals surface area contributed by atoms with Crippen molar-refractivity contribution >= 4 is 22.6 Å². The van der Waals surface area contributed by atoms with Crippen molar-refractivity contribution in [3.8, 4) is 11.8 Å². The van der Waals surface area contributed by atoms with Gasteiger partial charge in [0, 0.05) is 49.7 Å². The SMILES string of the molecule is COc1cnc2cccc(C(C)NCCC(=O)N3CC(C)N(c4ccc(C#N)cn4)C(C(C)C)C3)c2c1. The molecule has 1 N–H and O–H groups in total. The van der Waals surface area contributed by atoms with Crippen LogP contribution in [0.3, 0.4) is 0 Å². The second-order valence-electron chi connectivity index (χ2n) is 10.1. The Morgan fingerprint density at radius 3 is 2.68 bits per heavy atom. The van der Waals surface area contributed by atoms with E-state index in [0.717, 1.165) is 28.0 Å². The molecule has 37 heavy (non-hydrogen) atoms. The molecule has 3 aromatic rings. The zero-order chi connectivity index (χ0) is 26.5. The lowest BCUT2D eigenvalue weighted by Gasteiger charge is -2.48. The smallest absolute Gasteiger partial charge is 0.223 e. The van der Waals surface area contributed by atoms with Gasteiger partial charge in [0.1, 0.15) is 17.6 Å². The van der Waals surface area contributed by atoms with Gasteiger partial charge in [-0.25, -0.2) is 4.98 Å². The lowest BCUT2D eigenvalue weighted by molar-refractivity contribution is -0.132. The molecule has 194 valence electrons. The minimum Gasteiger partial charge on any atom is -0.495 e. The lowest BCUT2D eigenvalue weighted by atomic mass is 9.96. The predicted octanol–water partition coefficient (Wildman–Crippen LogP) is 4.31. The van der Waals surface area contributed by atoms with Gasteiger partial charge >= 0.3 is 0 Å². The molecule has 0 aliphatic carbocycles. The van der Waals surface area contributed by atoms with Crippen molar-refractivity contribution in [1.82, 2.24) is 20.2 Å². The first-order valence-corrected chi connectivity index (χ1v) is 12.9. The van der Waals surface area contributed by atoms with Crippen LogP contribution in [0.2, 0.25) is 0 Å². The van der Waals surface area contributed by atoms with Crippen LogP contribution >= 0.6 is 0 Å². The van der Waals surface area contributed by atoms with Crippen LogP contribution in [-0.4, -0.2) is 59.6 Å². The van der Waals surface area contributed by atoms with Crippen LogP contribution in [0.4, 0.5) is 5.82 Å². The zero-order valence-electron chi connectivity index (χ0n) is 22.3. The van der Waals surface area contributed by atoms with Crippen molar-refractivity contribution < 1.29 is 9.53 Å². The van der Waals surface area contributed by atoms with Crippen LogP contribution in [0.5, 0.6) is 5.75 Å². The number of carbonyl (C=O) groups excluding carboxylic acids is 1. The number of ether oxygens (including phenoxy) is 1. The summed E-state index contributed by atoms with van der Waals surface area (Å²) in [5.41, 5.74) is 2.60. The number of aromatic nitrogens is 2. The van der Waals surface area contributed by atoms with Gasteiger partial charge in [-0.3, -0.25) is 9.78 Å². The summed E-state index contributed by atoms with van der Waals surface area (Å²) >= 11 is 0. The maximum Gasteiger partial charge on any atom is 0.223 e. The Hall–Kier alpha value is -3.70. The van der Waals surface area contributed by atoms with Gasteiger partial charge in [-0.1, -0.05) is 26.0 Å². The first-order valence-electron chi connectivity index (χ1n) is 12.9. The summed E-state index contributed by atoms with van der Waals surface area (Å²) in [5, 5.41) is 13.7. The summed E-state index contributed by atoms with van der Waals surface area (Å²) < 4.78 is 5.36. The average molecular weight is 501 g/mol. The van der Waals surface area contributed by atoms with Gasteiger partial charge in [0.15, 0.2) is 0 Å². The van der Waals surface area contributed by atoms with Gasteiger partial charge in [-0.2, -0.15) is 5.26 Å². The molecule has 1 aliphatic heterocycles. The molecule has 0 saturated carbocycles. The van der Waals surface area contributed by atoms with Crippen molar-refractivity contribution in [2.24, 2.45) is 5.92 Å². The van der Waals surface area contributed by atoms with E-state index in [-0.39, 0.29) is 24.0 Å². The Morgan fingerprint density at radius 1 is 1.19 bits per heavy atom. The highest BCUT2D eigenvalue weighted by molar-refractivity contribution is 5.83. The van der Waals surface area contributed by atoms with Crippen molar-refractivity contribution in [1.29, 1.82) is 5.26 Å². The number of piperazine rings is 1. The number of rotatable bonds is 8. The number of hydrogen-bond acceptors (Lipinski definition) is 7. The number of amides is 1. The molecule has 3 heterocycles. The summed E-state index contributed by atoms with van der Waals surface area (Å²) in [6, 6.07) is 14.3. The Morgan fingerprint density at radius 2 is 2.00 bits per heavy atom. The third-order valence-electron chi connectivity index (χ3n) is 7.21. The van der Waals surface area contributed by atoms with Gasteiger partial charge in [0.05, 0.1) is 30.4 Å². The standard InChI is InChI=1S/C29H36N6O2/c1-19(2)27-18-34(17-20(3)35(27)28-10-9-22(14-30)15-33-28)29(36)11-12-31-21(4)24-7-6-8-26-25(24)13-23(37-5)16-32-26/h6-10,13,15-16,19-21,27,31H,11-12,17-18H2,1-5H3. The summed E-state index contributed by atoms with van der Waals surface area (Å²) in [6.07, 6.45) is 3.78. The van der Waals surface area contributed by atoms with Crippen LogP contribution in [0.25, 0.3) is 10.9 Å². The van der Waals surface area contributed by atoms with E-state index in [2.05, 4.69) is 60.0 Å². The molecule has 4 rings (SSSR count). The van der Waals surface area contributed by atoms with Gasteiger partial charge in [0.25, 0.3) is 0 Å². The second-order valence-corrected chi connectivity index (χ2v) is 10.1.